The van der Waals surface area contributed by atoms with Crippen LogP contribution in [-0.2, 0) is 13.0 Å². The molecule has 0 spiro atoms. The molecule has 3 rings (SSSR count). The molecule has 1 atom stereocenters. The number of para-hydroxylation sites is 2. The highest BCUT2D eigenvalue weighted by atomic mass is 15.1. The first-order valence-electron chi connectivity index (χ1n) is 9.14. The molecular formula is C23H28N2. The number of rotatable bonds is 6. The summed E-state index contributed by atoms with van der Waals surface area (Å²) in [4.78, 5) is 4.93. The second-order valence-electron chi connectivity index (χ2n) is 7.56. The molecular weight excluding hydrogens is 304 g/mol. The minimum atomic E-state index is 0.250. The van der Waals surface area contributed by atoms with Crippen LogP contribution in [0.2, 0.25) is 0 Å². The van der Waals surface area contributed by atoms with Crippen LogP contribution in [0.3, 0.4) is 0 Å². The van der Waals surface area contributed by atoms with Gasteiger partial charge in [-0.25, -0.2) is 4.98 Å². The van der Waals surface area contributed by atoms with Crippen LogP contribution in [0.15, 0.2) is 60.7 Å². The van der Waals surface area contributed by atoms with Gasteiger partial charge in [0.05, 0.1) is 11.0 Å². The van der Waals surface area contributed by atoms with Crippen molar-refractivity contribution in [3.8, 4) is 0 Å². The van der Waals surface area contributed by atoms with E-state index in [1.165, 1.54) is 16.6 Å². The molecule has 0 aliphatic rings. The molecule has 0 fully saturated rings. The maximum atomic E-state index is 4.93. The fourth-order valence-corrected chi connectivity index (χ4v) is 3.42. The van der Waals surface area contributed by atoms with Crippen LogP contribution in [0.25, 0.3) is 11.0 Å². The van der Waals surface area contributed by atoms with E-state index in [4.69, 9.17) is 4.98 Å². The Morgan fingerprint density at radius 3 is 2.36 bits per heavy atom. The molecule has 1 aromatic heterocycles. The lowest BCUT2D eigenvalue weighted by atomic mass is 9.96. The zero-order chi connectivity index (χ0) is 18.0. The Hall–Kier alpha value is -2.35. The zero-order valence-corrected chi connectivity index (χ0v) is 15.8. The van der Waals surface area contributed by atoms with Gasteiger partial charge in [-0.1, -0.05) is 69.3 Å². The zero-order valence-electron chi connectivity index (χ0n) is 15.8. The molecule has 0 saturated heterocycles. The largest absolute Gasteiger partial charge is 0.323 e. The average molecular weight is 332 g/mol. The Labute approximate surface area is 151 Å². The summed E-state index contributed by atoms with van der Waals surface area (Å²) in [6.07, 6.45) is 1.13. The van der Waals surface area contributed by atoms with E-state index in [9.17, 15) is 0 Å². The van der Waals surface area contributed by atoms with E-state index >= 15 is 0 Å². The molecule has 0 bridgehead atoms. The van der Waals surface area contributed by atoms with Crippen molar-refractivity contribution in [2.45, 2.75) is 46.6 Å². The molecule has 0 aliphatic heterocycles. The van der Waals surface area contributed by atoms with Gasteiger partial charge in [-0.15, -0.1) is 0 Å². The van der Waals surface area contributed by atoms with Crippen molar-refractivity contribution in [3.05, 3.63) is 77.6 Å². The van der Waals surface area contributed by atoms with Crippen LogP contribution >= 0.6 is 0 Å². The summed E-state index contributed by atoms with van der Waals surface area (Å²) in [6, 6.07) is 17.4. The number of imidazole rings is 1. The molecule has 0 radical (unpaired) electrons. The van der Waals surface area contributed by atoms with E-state index < -0.39 is 0 Å². The summed E-state index contributed by atoms with van der Waals surface area (Å²) < 4.78 is 2.31. The van der Waals surface area contributed by atoms with Crippen molar-refractivity contribution in [2.24, 2.45) is 5.92 Å². The minimum absolute atomic E-state index is 0.250. The number of nitrogens with zero attached hydrogens (tertiary/aromatic N) is 2. The van der Waals surface area contributed by atoms with Crippen molar-refractivity contribution < 1.29 is 0 Å². The van der Waals surface area contributed by atoms with Gasteiger partial charge in [-0.3, -0.25) is 0 Å². The molecule has 0 amide bonds. The molecule has 2 heteroatoms. The third-order valence-corrected chi connectivity index (χ3v) is 4.62. The highest BCUT2D eigenvalue weighted by Gasteiger charge is 2.18. The van der Waals surface area contributed by atoms with Gasteiger partial charge >= 0.3 is 0 Å². The smallest absolute Gasteiger partial charge is 0.117 e. The van der Waals surface area contributed by atoms with Crippen LogP contribution in [0.5, 0.6) is 0 Å². The van der Waals surface area contributed by atoms with Crippen molar-refractivity contribution in [1.29, 1.82) is 0 Å². The number of fused-ring (bicyclic) bond motifs is 1. The molecule has 0 unspecified atom stereocenters. The van der Waals surface area contributed by atoms with Crippen molar-refractivity contribution in [1.82, 2.24) is 9.55 Å². The van der Waals surface area contributed by atoms with Gasteiger partial charge < -0.3 is 4.57 Å². The van der Waals surface area contributed by atoms with Gasteiger partial charge in [0.1, 0.15) is 5.82 Å². The molecule has 130 valence electrons. The average Bonchev–Trinajstić information content (AvgIpc) is 2.92. The van der Waals surface area contributed by atoms with Crippen LogP contribution in [-0.4, -0.2) is 9.55 Å². The van der Waals surface area contributed by atoms with Gasteiger partial charge in [0, 0.05) is 12.5 Å². The Morgan fingerprint density at radius 1 is 1.04 bits per heavy atom. The van der Waals surface area contributed by atoms with Gasteiger partial charge in [-0.05, 0) is 42.5 Å². The first-order chi connectivity index (χ1) is 12.0. The fraction of sp³-hybridized carbons (Fsp3) is 0.348. The van der Waals surface area contributed by atoms with E-state index in [-0.39, 0.29) is 5.92 Å². The predicted octanol–water partition coefficient (Wildman–Crippen LogP) is 5.96. The Morgan fingerprint density at radius 2 is 1.72 bits per heavy atom. The van der Waals surface area contributed by atoms with E-state index in [2.05, 4.69) is 87.4 Å². The highest BCUT2D eigenvalue weighted by molar-refractivity contribution is 5.76. The molecule has 0 saturated carbocycles. The Kier molecular flexibility index (Phi) is 5.08. The summed E-state index contributed by atoms with van der Waals surface area (Å²) in [7, 11) is 0. The quantitative estimate of drug-likeness (QED) is 0.509. The minimum Gasteiger partial charge on any atom is -0.323 e. The van der Waals surface area contributed by atoms with Crippen LogP contribution < -0.4 is 0 Å². The summed E-state index contributed by atoms with van der Waals surface area (Å²) in [5, 5.41) is 0. The van der Waals surface area contributed by atoms with Crippen molar-refractivity contribution >= 4 is 11.0 Å². The third-order valence-electron chi connectivity index (χ3n) is 4.62. The number of allylic oxidation sites excluding steroid dienone is 1. The van der Waals surface area contributed by atoms with E-state index in [1.54, 1.807) is 0 Å². The Bertz CT molecular complexity index is 869. The van der Waals surface area contributed by atoms with Gasteiger partial charge in [0.25, 0.3) is 0 Å². The summed E-state index contributed by atoms with van der Waals surface area (Å²) in [6.45, 7) is 13.7. The van der Waals surface area contributed by atoms with Crippen molar-refractivity contribution in [3.63, 3.8) is 0 Å². The summed E-state index contributed by atoms with van der Waals surface area (Å²) >= 11 is 0. The molecule has 1 heterocycles. The number of aromatic nitrogens is 2. The first-order valence-corrected chi connectivity index (χ1v) is 9.14. The van der Waals surface area contributed by atoms with Gasteiger partial charge in [0.15, 0.2) is 0 Å². The molecule has 0 N–H and O–H groups in total. The summed E-state index contributed by atoms with van der Waals surface area (Å²) in [5.41, 5.74) is 6.10. The maximum absolute atomic E-state index is 4.93. The number of hydrogen-bond donors (Lipinski definition) is 0. The van der Waals surface area contributed by atoms with Gasteiger partial charge in [0.2, 0.25) is 0 Å². The monoisotopic (exact) mass is 332 g/mol. The highest BCUT2D eigenvalue weighted by Crippen LogP contribution is 2.28. The lowest BCUT2D eigenvalue weighted by Gasteiger charge is -2.16. The molecule has 3 aromatic rings. The normalized spacial score (nSPS) is 12.7. The second-order valence-corrected chi connectivity index (χ2v) is 7.56. The van der Waals surface area contributed by atoms with E-state index in [0.717, 1.165) is 29.9 Å². The van der Waals surface area contributed by atoms with Gasteiger partial charge in [-0.2, -0.15) is 0 Å². The molecule has 2 aromatic carbocycles. The number of benzene rings is 2. The topological polar surface area (TPSA) is 17.8 Å². The number of hydrogen-bond acceptors (Lipinski definition) is 1. The Balaban J connectivity index is 1.98. The van der Waals surface area contributed by atoms with E-state index in [1.807, 2.05) is 0 Å². The molecule has 0 aliphatic carbocycles. The lowest BCUT2D eigenvalue weighted by molar-refractivity contribution is 0.646. The summed E-state index contributed by atoms with van der Waals surface area (Å²) in [5.74, 6) is 2.05. The van der Waals surface area contributed by atoms with Crippen LogP contribution in [0.1, 0.15) is 50.6 Å². The van der Waals surface area contributed by atoms with Crippen LogP contribution in [0.4, 0.5) is 0 Å². The van der Waals surface area contributed by atoms with Crippen LogP contribution in [0, 0.1) is 5.92 Å². The lowest BCUT2D eigenvalue weighted by Crippen LogP contribution is -2.09. The SMILES string of the molecule is C=C(C)Cn1c([C@H](C)c2ccc(CC(C)C)cc2)nc2ccccc21. The molecule has 2 nitrogen and oxygen atoms in total. The van der Waals surface area contributed by atoms with Crippen molar-refractivity contribution in [2.75, 3.05) is 0 Å². The standard InChI is InChI=1S/C23H28N2/c1-16(2)14-19-10-12-20(13-11-19)18(5)23-24-21-8-6-7-9-22(21)25(23)15-17(3)4/h6-13,16,18H,3,14-15H2,1-2,4-5H3/t18-/m1/s1. The first kappa shape index (κ1) is 17.5. The van der Waals surface area contributed by atoms with E-state index in [0.29, 0.717) is 5.92 Å². The second kappa shape index (κ2) is 7.26. The maximum Gasteiger partial charge on any atom is 0.117 e. The predicted molar refractivity (Wildman–Crippen MR) is 107 cm³/mol. The molecule has 25 heavy (non-hydrogen) atoms. The fourth-order valence-electron chi connectivity index (χ4n) is 3.42. The third kappa shape index (κ3) is 3.84.